The third-order valence-corrected chi connectivity index (χ3v) is 2.98. The minimum absolute atomic E-state index is 0.174. The zero-order valence-corrected chi connectivity index (χ0v) is 11.3. The molecule has 106 valence electrons. The topological polar surface area (TPSA) is 65.7 Å². The van der Waals surface area contributed by atoms with Gasteiger partial charge in [0.2, 0.25) is 5.91 Å². The number of amides is 1. The van der Waals surface area contributed by atoms with E-state index >= 15 is 0 Å². The number of aliphatic hydroxyl groups excluding tert-OH is 1. The standard InChI is InChI=1S/C15H18N2O3/c1-17(12-6-3-2-4-7-12)10-15(19)16-13(11-18)14-8-5-9-20-14/h2-9,13,18H,10-11H2,1H3,(H,16,19). The van der Waals surface area contributed by atoms with Gasteiger partial charge in [0.1, 0.15) is 11.8 Å². The molecule has 1 amide bonds. The summed E-state index contributed by atoms with van der Waals surface area (Å²) in [6, 6.07) is 12.6. The summed E-state index contributed by atoms with van der Waals surface area (Å²) in [6.45, 7) is 0.00945. The Labute approximate surface area is 117 Å². The third kappa shape index (κ3) is 3.61. The van der Waals surface area contributed by atoms with Gasteiger partial charge in [-0.25, -0.2) is 0 Å². The number of hydrogen-bond acceptors (Lipinski definition) is 4. The Balaban J connectivity index is 1.92. The van der Waals surface area contributed by atoms with Gasteiger partial charge in [0, 0.05) is 12.7 Å². The first kappa shape index (κ1) is 14.1. The molecule has 1 heterocycles. The highest BCUT2D eigenvalue weighted by Crippen LogP contribution is 2.13. The Bertz CT molecular complexity index is 525. The van der Waals surface area contributed by atoms with Crippen LogP contribution < -0.4 is 10.2 Å². The summed E-state index contributed by atoms with van der Waals surface area (Å²) in [5.74, 6) is 0.370. The molecule has 1 unspecified atom stereocenters. The molecule has 0 aliphatic heterocycles. The lowest BCUT2D eigenvalue weighted by molar-refractivity contribution is -0.120. The second-order valence-corrected chi connectivity index (χ2v) is 4.51. The van der Waals surface area contributed by atoms with Gasteiger partial charge in [-0.1, -0.05) is 18.2 Å². The average molecular weight is 274 g/mol. The number of nitrogens with zero attached hydrogens (tertiary/aromatic N) is 1. The Morgan fingerprint density at radius 2 is 2.05 bits per heavy atom. The molecule has 2 N–H and O–H groups in total. The second-order valence-electron chi connectivity index (χ2n) is 4.51. The van der Waals surface area contributed by atoms with Crippen molar-refractivity contribution in [3.05, 3.63) is 54.5 Å². The fourth-order valence-electron chi connectivity index (χ4n) is 1.93. The summed E-state index contributed by atoms with van der Waals surface area (Å²) in [5.41, 5.74) is 0.959. The first-order chi connectivity index (χ1) is 9.70. The molecular weight excluding hydrogens is 256 g/mol. The number of nitrogens with one attached hydrogen (secondary N) is 1. The first-order valence-electron chi connectivity index (χ1n) is 6.40. The van der Waals surface area contributed by atoms with Crippen LogP contribution in [0.5, 0.6) is 0 Å². The quantitative estimate of drug-likeness (QED) is 0.839. The van der Waals surface area contributed by atoms with Gasteiger partial charge in [0.05, 0.1) is 19.4 Å². The fourth-order valence-corrected chi connectivity index (χ4v) is 1.93. The lowest BCUT2D eigenvalue weighted by Crippen LogP contribution is -2.38. The minimum atomic E-state index is -0.512. The Kier molecular flexibility index (Phi) is 4.79. The smallest absolute Gasteiger partial charge is 0.240 e. The van der Waals surface area contributed by atoms with Gasteiger partial charge in [-0.2, -0.15) is 0 Å². The van der Waals surface area contributed by atoms with E-state index < -0.39 is 6.04 Å². The highest BCUT2D eigenvalue weighted by atomic mass is 16.3. The van der Waals surface area contributed by atoms with Crippen LogP contribution in [-0.2, 0) is 4.79 Å². The summed E-state index contributed by atoms with van der Waals surface area (Å²) in [6.07, 6.45) is 1.51. The zero-order chi connectivity index (χ0) is 14.4. The molecule has 0 aliphatic carbocycles. The van der Waals surface area contributed by atoms with Crippen LogP contribution in [0.3, 0.4) is 0 Å². The van der Waals surface area contributed by atoms with Gasteiger partial charge in [-0.3, -0.25) is 4.79 Å². The fraction of sp³-hybridized carbons (Fsp3) is 0.267. The molecule has 0 saturated carbocycles. The number of furan rings is 1. The maximum absolute atomic E-state index is 12.0. The van der Waals surface area contributed by atoms with E-state index in [2.05, 4.69) is 5.32 Å². The summed E-state index contributed by atoms with van der Waals surface area (Å²) >= 11 is 0. The molecule has 2 rings (SSSR count). The molecule has 2 aromatic rings. The second kappa shape index (κ2) is 6.77. The van der Waals surface area contributed by atoms with Gasteiger partial charge in [-0.05, 0) is 24.3 Å². The number of hydrogen-bond donors (Lipinski definition) is 2. The van der Waals surface area contributed by atoms with Crippen molar-refractivity contribution in [2.45, 2.75) is 6.04 Å². The van der Waals surface area contributed by atoms with Gasteiger partial charge in [0.25, 0.3) is 0 Å². The van der Waals surface area contributed by atoms with E-state index in [4.69, 9.17) is 4.42 Å². The molecule has 0 spiro atoms. The number of benzene rings is 1. The molecule has 1 aromatic carbocycles. The molecule has 1 atom stereocenters. The van der Waals surface area contributed by atoms with Crippen LogP contribution in [-0.4, -0.2) is 31.2 Å². The maximum Gasteiger partial charge on any atom is 0.240 e. The molecule has 0 fully saturated rings. The Morgan fingerprint density at radius 1 is 1.30 bits per heavy atom. The molecule has 1 aromatic heterocycles. The monoisotopic (exact) mass is 274 g/mol. The third-order valence-electron chi connectivity index (χ3n) is 2.98. The van der Waals surface area contributed by atoms with Crippen LogP contribution in [0.1, 0.15) is 11.8 Å². The number of likely N-dealkylation sites (N-methyl/N-ethyl adjacent to an activating group) is 1. The molecule has 0 bridgehead atoms. The number of para-hydroxylation sites is 1. The number of carbonyl (C=O) groups is 1. The molecule has 5 nitrogen and oxygen atoms in total. The van der Waals surface area contributed by atoms with Crippen LogP contribution in [0.15, 0.2) is 53.1 Å². The molecular formula is C15H18N2O3. The largest absolute Gasteiger partial charge is 0.467 e. The van der Waals surface area contributed by atoms with Crippen molar-refractivity contribution in [2.24, 2.45) is 0 Å². The van der Waals surface area contributed by atoms with E-state index in [9.17, 15) is 9.90 Å². The van der Waals surface area contributed by atoms with Crippen molar-refractivity contribution in [1.29, 1.82) is 0 Å². The first-order valence-corrected chi connectivity index (χ1v) is 6.40. The lowest BCUT2D eigenvalue weighted by Gasteiger charge is -2.20. The van der Waals surface area contributed by atoms with E-state index in [-0.39, 0.29) is 19.1 Å². The van der Waals surface area contributed by atoms with E-state index in [0.717, 1.165) is 5.69 Å². The summed E-state index contributed by atoms with van der Waals surface area (Å²) in [7, 11) is 1.84. The average Bonchev–Trinajstić information content (AvgIpc) is 2.99. The van der Waals surface area contributed by atoms with Crippen molar-refractivity contribution in [3.8, 4) is 0 Å². The number of aliphatic hydroxyl groups is 1. The Morgan fingerprint density at radius 3 is 2.65 bits per heavy atom. The summed E-state index contributed by atoms with van der Waals surface area (Å²) in [5, 5.41) is 12.1. The SMILES string of the molecule is CN(CC(=O)NC(CO)c1ccco1)c1ccccc1. The summed E-state index contributed by atoms with van der Waals surface area (Å²) < 4.78 is 5.19. The van der Waals surface area contributed by atoms with Crippen LogP contribution in [0.4, 0.5) is 5.69 Å². The molecule has 0 saturated heterocycles. The van der Waals surface area contributed by atoms with Crippen molar-refractivity contribution in [1.82, 2.24) is 5.32 Å². The van der Waals surface area contributed by atoms with Crippen LogP contribution in [0.2, 0.25) is 0 Å². The molecule has 5 heteroatoms. The number of carbonyl (C=O) groups excluding carboxylic acids is 1. The van der Waals surface area contributed by atoms with Crippen molar-refractivity contribution in [3.63, 3.8) is 0 Å². The molecule has 20 heavy (non-hydrogen) atoms. The van der Waals surface area contributed by atoms with Gasteiger partial charge >= 0.3 is 0 Å². The predicted molar refractivity (Wildman–Crippen MR) is 76.4 cm³/mol. The van der Waals surface area contributed by atoms with Gasteiger partial charge < -0.3 is 19.7 Å². The lowest BCUT2D eigenvalue weighted by atomic mass is 10.2. The molecule has 0 aliphatic rings. The van der Waals surface area contributed by atoms with Crippen LogP contribution >= 0.6 is 0 Å². The van der Waals surface area contributed by atoms with E-state index in [1.807, 2.05) is 42.3 Å². The van der Waals surface area contributed by atoms with Crippen molar-refractivity contribution >= 4 is 11.6 Å². The van der Waals surface area contributed by atoms with Gasteiger partial charge in [-0.15, -0.1) is 0 Å². The molecule has 0 radical (unpaired) electrons. The highest BCUT2D eigenvalue weighted by Gasteiger charge is 2.17. The normalized spacial score (nSPS) is 11.9. The van der Waals surface area contributed by atoms with Crippen LogP contribution in [0, 0.1) is 0 Å². The maximum atomic E-state index is 12.0. The summed E-state index contributed by atoms with van der Waals surface area (Å²) in [4.78, 5) is 13.8. The highest BCUT2D eigenvalue weighted by molar-refractivity contribution is 5.81. The zero-order valence-electron chi connectivity index (χ0n) is 11.3. The number of anilines is 1. The van der Waals surface area contributed by atoms with Crippen molar-refractivity contribution in [2.75, 3.05) is 25.1 Å². The van der Waals surface area contributed by atoms with Crippen LogP contribution in [0.25, 0.3) is 0 Å². The predicted octanol–water partition coefficient (Wildman–Crippen LogP) is 1.57. The van der Waals surface area contributed by atoms with E-state index in [1.165, 1.54) is 6.26 Å². The van der Waals surface area contributed by atoms with Crippen molar-refractivity contribution < 1.29 is 14.3 Å². The van der Waals surface area contributed by atoms with E-state index in [0.29, 0.717) is 5.76 Å². The number of rotatable bonds is 6. The van der Waals surface area contributed by atoms with E-state index in [1.54, 1.807) is 12.1 Å². The minimum Gasteiger partial charge on any atom is -0.467 e. The Hall–Kier alpha value is -2.27. The van der Waals surface area contributed by atoms with Gasteiger partial charge in [0.15, 0.2) is 0 Å².